The summed E-state index contributed by atoms with van der Waals surface area (Å²) in [4.78, 5) is 12.6. The van der Waals surface area contributed by atoms with Gasteiger partial charge in [0.2, 0.25) is 5.91 Å². The highest BCUT2D eigenvalue weighted by Crippen LogP contribution is 2.21. The third-order valence-electron chi connectivity index (χ3n) is 3.80. The van der Waals surface area contributed by atoms with Crippen molar-refractivity contribution in [3.8, 4) is 11.5 Å². The van der Waals surface area contributed by atoms with E-state index in [0.29, 0.717) is 12.8 Å². The number of methoxy groups -OCH3 is 2. The minimum Gasteiger partial charge on any atom is -0.497 e. The molecule has 0 saturated carbocycles. The summed E-state index contributed by atoms with van der Waals surface area (Å²) in [7, 11) is 3.25. The van der Waals surface area contributed by atoms with Crippen LogP contribution >= 0.6 is 0 Å². The molecule has 4 nitrogen and oxygen atoms in total. The Labute approximate surface area is 143 Å². The Morgan fingerprint density at radius 3 is 2.46 bits per heavy atom. The van der Waals surface area contributed by atoms with Gasteiger partial charge in [-0.2, -0.15) is 0 Å². The summed E-state index contributed by atoms with van der Waals surface area (Å²) < 4.78 is 10.4. The monoisotopic (exact) mass is 325 g/mol. The first-order chi connectivity index (χ1) is 11.7. The van der Waals surface area contributed by atoms with E-state index in [0.717, 1.165) is 22.7 Å². The largest absolute Gasteiger partial charge is 0.497 e. The first-order valence-corrected chi connectivity index (χ1v) is 7.85. The quantitative estimate of drug-likeness (QED) is 0.744. The molecular formula is C20H23NO3. The maximum Gasteiger partial charge on any atom is 0.228 e. The summed E-state index contributed by atoms with van der Waals surface area (Å²) in [5, 5.41) is 2.95. The molecule has 0 aliphatic carbocycles. The molecule has 0 spiro atoms. The first kappa shape index (κ1) is 17.6. The van der Waals surface area contributed by atoms with Gasteiger partial charge in [-0.15, -0.1) is 6.58 Å². The Kier molecular flexibility index (Phi) is 6.43. The number of hydrogen-bond acceptors (Lipinski definition) is 3. The maximum absolute atomic E-state index is 12.6. The smallest absolute Gasteiger partial charge is 0.228 e. The molecule has 0 bridgehead atoms. The van der Waals surface area contributed by atoms with Gasteiger partial charge >= 0.3 is 0 Å². The number of nitrogens with one attached hydrogen (secondary N) is 1. The molecule has 24 heavy (non-hydrogen) atoms. The van der Waals surface area contributed by atoms with Crippen molar-refractivity contribution >= 4 is 11.6 Å². The number of amides is 1. The fourth-order valence-corrected chi connectivity index (χ4v) is 2.49. The van der Waals surface area contributed by atoms with Crippen LogP contribution in [-0.4, -0.2) is 20.1 Å². The topological polar surface area (TPSA) is 47.6 Å². The van der Waals surface area contributed by atoms with E-state index in [1.807, 2.05) is 48.5 Å². The van der Waals surface area contributed by atoms with Gasteiger partial charge in [0.1, 0.15) is 11.5 Å². The fraction of sp³-hybridized carbons (Fsp3) is 0.250. The van der Waals surface area contributed by atoms with Gasteiger partial charge in [-0.3, -0.25) is 4.79 Å². The van der Waals surface area contributed by atoms with E-state index in [2.05, 4.69) is 11.9 Å². The number of ether oxygens (including phenoxy) is 2. The predicted molar refractivity (Wildman–Crippen MR) is 96.6 cm³/mol. The lowest BCUT2D eigenvalue weighted by Crippen LogP contribution is -2.24. The van der Waals surface area contributed by atoms with Crippen LogP contribution in [0.25, 0.3) is 0 Å². The summed E-state index contributed by atoms with van der Waals surface area (Å²) in [6, 6.07) is 15.1. The molecule has 126 valence electrons. The van der Waals surface area contributed by atoms with Crippen molar-refractivity contribution in [1.29, 1.82) is 0 Å². The standard InChI is InChI=1S/C20H23NO3/c1-4-6-16(13-15-7-5-8-19(14-15)24-3)20(22)21-17-9-11-18(23-2)12-10-17/h4-5,7-12,14,16H,1,6,13H2,2-3H3,(H,21,22). The number of carbonyl (C=O) groups excluding carboxylic acids is 1. The minimum absolute atomic E-state index is 0.0251. The van der Waals surface area contributed by atoms with Crippen molar-refractivity contribution < 1.29 is 14.3 Å². The highest BCUT2D eigenvalue weighted by atomic mass is 16.5. The number of benzene rings is 2. The maximum atomic E-state index is 12.6. The molecule has 0 saturated heterocycles. The lowest BCUT2D eigenvalue weighted by Gasteiger charge is -2.16. The van der Waals surface area contributed by atoms with Crippen LogP contribution in [0.1, 0.15) is 12.0 Å². The second-order valence-electron chi connectivity index (χ2n) is 5.49. The Hall–Kier alpha value is -2.75. The second kappa shape index (κ2) is 8.77. The van der Waals surface area contributed by atoms with E-state index >= 15 is 0 Å². The van der Waals surface area contributed by atoms with Crippen LogP contribution < -0.4 is 14.8 Å². The summed E-state index contributed by atoms with van der Waals surface area (Å²) in [5.74, 6) is 1.34. The van der Waals surface area contributed by atoms with Crippen LogP contribution in [0.5, 0.6) is 11.5 Å². The summed E-state index contributed by atoms with van der Waals surface area (Å²) in [6.45, 7) is 3.77. The molecule has 2 rings (SSSR count). The number of carbonyl (C=O) groups is 1. The number of allylic oxidation sites excluding steroid dienone is 1. The fourth-order valence-electron chi connectivity index (χ4n) is 2.49. The van der Waals surface area contributed by atoms with Gasteiger partial charge in [-0.1, -0.05) is 18.2 Å². The van der Waals surface area contributed by atoms with E-state index in [1.165, 1.54) is 0 Å². The molecule has 1 N–H and O–H groups in total. The molecule has 1 atom stereocenters. The molecule has 1 amide bonds. The van der Waals surface area contributed by atoms with Crippen molar-refractivity contribution in [3.63, 3.8) is 0 Å². The van der Waals surface area contributed by atoms with Crippen LogP contribution in [0, 0.1) is 5.92 Å². The molecule has 0 aliphatic rings. The van der Waals surface area contributed by atoms with Crippen molar-refractivity contribution in [2.24, 2.45) is 5.92 Å². The SMILES string of the molecule is C=CCC(Cc1cccc(OC)c1)C(=O)Nc1ccc(OC)cc1. The zero-order valence-electron chi connectivity index (χ0n) is 14.1. The Morgan fingerprint density at radius 2 is 1.83 bits per heavy atom. The molecule has 2 aromatic carbocycles. The van der Waals surface area contributed by atoms with Gasteiger partial charge in [0, 0.05) is 11.6 Å². The van der Waals surface area contributed by atoms with Gasteiger partial charge in [-0.05, 0) is 54.8 Å². The minimum atomic E-state index is -0.184. The third kappa shape index (κ3) is 4.88. The van der Waals surface area contributed by atoms with Gasteiger partial charge in [-0.25, -0.2) is 0 Å². The highest BCUT2D eigenvalue weighted by Gasteiger charge is 2.18. The number of hydrogen-bond donors (Lipinski definition) is 1. The zero-order chi connectivity index (χ0) is 17.4. The molecule has 0 heterocycles. The van der Waals surface area contributed by atoms with Gasteiger partial charge < -0.3 is 14.8 Å². The van der Waals surface area contributed by atoms with Crippen molar-refractivity contribution in [1.82, 2.24) is 0 Å². The molecular weight excluding hydrogens is 302 g/mol. The molecule has 2 aromatic rings. The average molecular weight is 325 g/mol. The lowest BCUT2D eigenvalue weighted by molar-refractivity contribution is -0.119. The Balaban J connectivity index is 2.07. The summed E-state index contributed by atoms with van der Waals surface area (Å²) in [5.41, 5.74) is 1.81. The van der Waals surface area contributed by atoms with Crippen LogP contribution in [-0.2, 0) is 11.2 Å². The molecule has 1 unspecified atom stereocenters. The molecule has 4 heteroatoms. The Morgan fingerprint density at radius 1 is 1.12 bits per heavy atom. The van der Waals surface area contributed by atoms with Crippen LogP contribution in [0.2, 0.25) is 0 Å². The van der Waals surface area contributed by atoms with Crippen molar-refractivity contribution in [3.05, 3.63) is 66.7 Å². The van der Waals surface area contributed by atoms with Crippen molar-refractivity contribution in [2.45, 2.75) is 12.8 Å². The van der Waals surface area contributed by atoms with Crippen molar-refractivity contribution in [2.75, 3.05) is 19.5 Å². The van der Waals surface area contributed by atoms with E-state index in [4.69, 9.17) is 9.47 Å². The lowest BCUT2D eigenvalue weighted by atomic mass is 9.95. The third-order valence-corrected chi connectivity index (χ3v) is 3.80. The van der Waals surface area contributed by atoms with E-state index < -0.39 is 0 Å². The normalized spacial score (nSPS) is 11.4. The summed E-state index contributed by atoms with van der Waals surface area (Å²) in [6.07, 6.45) is 3.02. The molecule has 0 fully saturated rings. The second-order valence-corrected chi connectivity index (χ2v) is 5.49. The Bertz CT molecular complexity index is 680. The number of anilines is 1. The van der Waals surface area contributed by atoms with E-state index in [-0.39, 0.29) is 11.8 Å². The molecule has 0 aromatic heterocycles. The van der Waals surface area contributed by atoms with Gasteiger partial charge in [0.25, 0.3) is 0 Å². The predicted octanol–water partition coefficient (Wildman–Crippen LogP) is 4.08. The highest BCUT2D eigenvalue weighted by molar-refractivity contribution is 5.92. The summed E-state index contributed by atoms with van der Waals surface area (Å²) >= 11 is 0. The average Bonchev–Trinajstić information content (AvgIpc) is 2.62. The van der Waals surface area contributed by atoms with Crippen LogP contribution in [0.4, 0.5) is 5.69 Å². The number of rotatable bonds is 8. The zero-order valence-corrected chi connectivity index (χ0v) is 14.1. The van der Waals surface area contributed by atoms with E-state index in [9.17, 15) is 4.79 Å². The van der Waals surface area contributed by atoms with Crippen LogP contribution in [0.15, 0.2) is 61.2 Å². The first-order valence-electron chi connectivity index (χ1n) is 7.85. The van der Waals surface area contributed by atoms with E-state index in [1.54, 1.807) is 20.3 Å². The van der Waals surface area contributed by atoms with Gasteiger partial charge in [0.15, 0.2) is 0 Å². The molecule has 0 aliphatic heterocycles. The van der Waals surface area contributed by atoms with Crippen LogP contribution in [0.3, 0.4) is 0 Å². The van der Waals surface area contributed by atoms with Gasteiger partial charge in [0.05, 0.1) is 14.2 Å². The molecule has 0 radical (unpaired) electrons.